The summed E-state index contributed by atoms with van der Waals surface area (Å²) in [5.41, 5.74) is 12.4. The largest absolute Gasteiger partial charge is 0.377 e. The van der Waals surface area contributed by atoms with E-state index in [9.17, 15) is 14.4 Å². The fourth-order valence-electron chi connectivity index (χ4n) is 5.48. The van der Waals surface area contributed by atoms with E-state index >= 15 is 0 Å². The Kier molecular flexibility index (Phi) is 9.16. The zero-order valence-electron chi connectivity index (χ0n) is 23.0. The molecular weight excluding hydrogens is 536 g/mol. The van der Waals surface area contributed by atoms with Crippen molar-refractivity contribution >= 4 is 30.2 Å². The molecule has 1 aromatic heterocycles. The van der Waals surface area contributed by atoms with Crippen molar-refractivity contribution in [1.29, 1.82) is 0 Å². The third kappa shape index (κ3) is 6.64. The second-order valence-electron chi connectivity index (χ2n) is 11.4. The zero-order valence-corrected chi connectivity index (χ0v) is 23.8. The molecule has 5 N–H and O–H groups in total. The number of hydrogen-bond donors (Lipinski definition) is 3. The number of anilines is 1. The van der Waals surface area contributed by atoms with E-state index < -0.39 is 11.2 Å². The van der Waals surface area contributed by atoms with Crippen LogP contribution in [-0.4, -0.2) is 99.2 Å². The number of halogens is 1. The van der Waals surface area contributed by atoms with Gasteiger partial charge in [0.25, 0.3) is 0 Å². The van der Waals surface area contributed by atoms with E-state index in [2.05, 4.69) is 15.2 Å². The quantitative estimate of drug-likeness (QED) is 0.473. The summed E-state index contributed by atoms with van der Waals surface area (Å²) in [5.74, 6) is 0.0135. The summed E-state index contributed by atoms with van der Waals surface area (Å²) in [6.07, 6.45) is 3.63. The van der Waals surface area contributed by atoms with Crippen LogP contribution in [0.25, 0.3) is 5.69 Å². The highest BCUT2D eigenvalue weighted by Crippen LogP contribution is 2.24. The van der Waals surface area contributed by atoms with E-state index in [1.165, 1.54) is 10.1 Å². The number of ether oxygens (including phenoxy) is 1. The topological polar surface area (TPSA) is 152 Å². The maximum absolute atomic E-state index is 13.0. The van der Waals surface area contributed by atoms with Gasteiger partial charge in [-0.25, -0.2) is 9.59 Å². The molecule has 1 aromatic carbocycles. The van der Waals surface area contributed by atoms with E-state index in [1.54, 1.807) is 35.9 Å². The van der Waals surface area contributed by atoms with Crippen molar-refractivity contribution in [3.05, 3.63) is 52.6 Å². The van der Waals surface area contributed by atoms with Crippen LogP contribution in [0.3, 0.4) is 0 Å². The molecule has 0 aliphatic carbocycles. The number of likely N-dealkylation sites (tertiary alicyclic amines) is 1. The molecule has 3 aliphatic heterocycles. The fraction of sp³-hybridized carbons (Fsp3) is 0.556. The third-order valence-electron chi connectivity index (χ3n) is 7.63. The number of benzene rings is 1. The number of aromatic nitrogens is 2. The molecule has 2 atom stereocenters. The third-order valence-corrected chi connectivity index (χ3v) is 7.63. The number of nitrogens with two attached hydrogens (primary N) is 2. The van der Waals surface area contributed by atoms with Crippen LogP contribution in [0.1, 0.15) is 32.3 Å². The van der Waals surface area contributed by atoms with E-state index in [0.717, 1.165) is 32.5 Å². The minimum atomic E-state index is -1.01. The predicted octanol–water partition coefficient (Wildman–Crippen LogP) is 0.758. The van der Waals surface area contributed by atoms with E-state index in [-0.39, 0.29) is 42.2 Å². The van der Waals surface area contributed by atoms with E-state index in [4.69, 9.17) is 16.2 Å². The number of urea groups is 1. The number of nitrogens with one attached hydrogen (secondary N) is 1. The maximum Gasteiger partial charge on any atom is 0.354 e. The SMILES string of the molecule is CC(C)(N)C(=O)N1C2COCC1CN(C(=O)Nc1ccn(-c3ccc(CN4CCC(N)CC4)cc3)c(=O)n1)C2.Cl. The molecule has 3 fully saturated rings. The number of hydrogen-bond acceptors (Lipinski definition) is 8. The van der Waals surface area contributed by atoms with Crippen molar-refractivity contribution in [3.63, 3.8) is 0 Å². The van der Waals surface area contributed by atoms with Crippen LogP contribution in [0, 0.1) is 0 Å². The highest BCUT2D eigenvalue weighted by molar-refractivity contribution is 5.89. The molecule has 2 unspecified atom stereocenters. The Bertz CT molecular complexity index is 1240. The Hall–Kier alpha value is -3.03. The predicted molar refractivity (Wildman–Crippen MR) is 154 cm³/mol. The molecule has 0 saturated carbocycles. The number of rotatable bonds is 5. The Morgan fingerprint density at radius 2 is 1.70 bits per heavy atom. The first-order valence-corrected chi connectivity index (χ1v) is 13.5. The van der Waals surface area contributed by atoms with Gasteiger partial charge in [-0.05, 0) is 63.5 Å². The molecule has 0 spiro atoms. The van der Waals surface area contributed by atoms with Crippen molar-refractivity contribution in [3.8, 4) is 5.69 Å². The lowest BCUT2D eigenvalue weighted by Crippen LogP contribution is -2.70. The van der Waals surface area contributed by atoms with Gasteiger partial charge in [-0.1, -0.05) is 12.1 Å². The number of carbonyl (C=O) groups is 2. The summed E-state index contributed by atoms with van der Waals surface area (Å²) in [7, 11) is 0. The van der Waals surface area contributed by atoms with Gasteiger partial charge < -0.3 is 26.0 Å². The van der Waals surface area contributed by atoms with Crippen molar-refractivity contribution in [2.45, 2.75) is 56.9 Å². The van der Waals surface area contributed by atoms with Gasteiger partial charge >= 0.3 is 11.7 Å². The molecule has 12 nitrogen and oxygen atoms in total. The highest BCUT2D eigenvalue weighted by atomic mass is 35.5. The first-order chi connectivity index (χ1) is 18.6. The minimum Gasteiger partial charge on any atom is -0.377 e. The van der Waals surface area contributed by atoms with Crippen LogP contribution >= 0.6 is 12.4 Å². The second-order valence-corrected chi connectivity index (χ2v) is 11.4. The molecule has 3 amide bonds. The van der Waals surface area contributed by atoms with Gasteiger partial charge in [-0.2, -0.15) is 4.98 Å². The maximum atomic E-state index is 13.0. The summed E-state index contributed by atoms with van der Waals surface area (Å²) in [5, 5.41) is 2.73. The average Bonchev–Trinajstić information content (AvgIpc) is 2.89. The van der Waals surface area contributed by atoms with E-state index in [1.807, 2.05) is 24.3 Å². The summed E-state index contributed by atoms with van der Waals surface area (Å²) in [6, 6.07) is 8.79. The highest BCUT2D eigenvalue weighted by Gasteiger charge is 2.45. The molecule has 2 bridgehead atoms. The van der Waals surface area contributed by atoms with E-state index in [0.29, 0.717) is 38.0 Å². The number of piperidine rings is 1. The lowest BCUT2D eigenvalue weighted by atomic mass is 9.98. The Labute approximate surface area is 240 Å². The molecule has 5 rings (SSSR count). The van der Waals surface area contributed by atoms with Crippen LogP contribution in [0.4, 0.5) is 10.6 Å². The Morgan fingerprint density at radius 1 is 1.07 bits per heavy atom. The van der Waals surface area contributed by atoms with Crippen LogP contribution < -0.4 is 22.5 Å². The van der Waals surface area contributed by atoms with Crippen molar-refractivity contribution < 1.29 is 14.3 Å². The number of amides is 3. The number of fused-ring (bicyclic) bond motifs is 2. The number of morpholine rings is 1. The van der Waals surface area contributed by atoms with Crippen LogP contribution in [0.2, 0.25) is 0 Å². The number of piperazine rings is 1. The van der Waals surface area contributed by atoms with Gasteiger partial charge in [0, 0.05) is 31.9 Å². The van der Waals surface area contributed by atoms with Gasteiger partial charge in [0.05, 0.1) is 36.5 Å². The second kappa shape index (κ2) is 12.2. The molecule has 3 saturated heterocycles. The van der Waals surface area contributed by atoms with Crippen molar-refractivity contribution in [1.82, 2.24) is 24.3 Å². The molecule has 2 aromatic rings. The lowest BCUT2D eigenvalue weighted by molar-refractivity contribution is -0.157. The van der Waals surface area contributed by atoms with Gasteiger partial charge in [-0.15, -0.1) is 12.4 Å². The standard InChI is InChI=1S/C27H38N8O4.ClH/c1-27(2,29)24(36)35-21-14-33(15-22(35)17-39-16-21)25(37)30-23-9-12-34(26(38)31-23)20-5-3-18(4-6-20)13-32-10-7-19(28)8-11-32;/h3-6,9,12,19,21-22H,7-8,10-11,13-17,28-29H2,1-2H3,(H,30,31,37,38);1H. The molecule has 40 heavy (non-hydrogen) atoms. The summed E-state index contributed by atoms with van der Waals surface area (Å²) in [4.78, 5) is 48.6. The normalized spacial score (nSPS) is 22.0. The first kappa shape index (κ1) is 29.9. The number of carbonyl (C=O) groups excluding carboxylic acids is 2. The summed E-state index contributed by atoms with van der Waals surface area (Å²) < 4.78 is 7.08. The van der Waals surface area contributed by atoms with Crippen molar-refractivity contribution in [2.75, 3.05) is 44.7 Å². The van der Waals surface area contributed by atoms with Gasteiger partial charge in [0.15, 0.2) is 0 Å². The first-order valence-electron chi connectivity index (χ1n) is 13.5. The summed E-state index contributed by atoms with van der Waals surface area (Å²) in [6.45, 7) is 7.48. The van der Waals surface area contributed by atoms with Crippen molar-refractivity contribution in [2.24, 2.45) is 11.5 Å². The minimum absolute atomic E-state index is 0. The zero-order chi connectivity index (χ0) is 27.7. The smallest absolute Gasteiger partial charge is 0.354 e. The summed E-state index contributed by atoms with van der Waals surface area (Å²) >= 11 is 0. The van der Waals surface area contributed by atoms with Gasteiger partial charge in [0.2, 0.25) is 5.91 Å². The Balaban J connectivity index is 0.00000370. The van der Waals surface area contributed by atoms with Gasteiger partial charge in [0.1, 0.15) is 5.82 Å². The molecular formula is C27H39ClN8O4. The van der Waals surface area contributed by atoms with Crippen LogP contribution in [-0.2, 0) is 16.1 Å². The number of nitrogens with zero attached hydrogens (tertiary/aromatic N) is 5. The van der Waals surface area contributed by atoms with Gasteiger partial charge in [-0.3, -0.25) is 19.6 Å². The molecule has 13 heteroatoms. The van der Waals surface area contributed by atoms with Crippen LogP contribution in [0.15, 0.2) is 41.3 Å². The fourth-order valence-corrected chi connectivity index (χ4v) is 5.48. The average molecular weight is 575 g/mol. The van der Waals surface area contributed by atoms with Crippen LogP contribution in [0.5, 0.6) is 0 Å². The molecule has 218 valence electrons. The molecule has 4 heterocycles. The molecule has 3 aliphatic rings. The molecule has 0 radical (unpaired) electrons. The monoisotopic (exact) mass is 574 g/mol. The Morgan fingerprint density at radius 3 is 2.27 bits per heavy atom. The lowest BCUT2D eigenvalue weighted by Gasteiger charge is -2.50.